The van der Waals surface area contributed by atoms with Crippen molar-refractivity contribution >= 4 is 11.6 Å². The second-order valence-electron chi connectivity index (χ2n) is 5.47. The van der Waals surface area contributed by atoms with Crippen LogP contribution in [0.25, 0.3) is 11.6 Å². The molecule has 0 saturated heterocycles. The summed E-state index contributed by atoms with van der Waals surface area (Å²) in [6.07, 6.45) is 5.46. The summed E-state index contributed by atoms with van der Waals surface area (Å²) < 4.78 is 5.44. The molecule has 0 aliphatic rings. The molecule has 0 fully saturated rings. The first-order chi connectivity index (χ1) is 11.3. The largest absolute Gasteiger partial charge is 0.494 e. The van der Waals surface area contributed by atoms with Crippen LogP contribution >= 0.6 is 0 Å². The van der Waals surface area contributed by atoms with Crippen molar-refractivity contribution in [1.82, 2.24) is 0 Å². The molecule has 0 aromatic heterocycles. The van der Waals surface area contributed by atoms with Crippen molar-refractivity contribution in [3.8, 4) is 11.8 Å². The fraction of sp³-hybridized carbons (Fsp3) is 0.286. The molecule has 2 heteroatoms. The standard InChI is InChI=1S/C21H23NO/c1-3-5-6-17-7-9-18(10-8-17)15-20(16-22)19-11-13-21(14-12-19)23-4-2/h7-15H,3-6H2,1-2H3/b20-15+. The number of rotatable bonds is 7. The summed E-state index contributed by atoms with van der Waals surface area (Å²) >= 11 is 0. The lowest BCUT2D eigenvalue weighted by Crippen LogP contribution is -1.91. The van der Waals surface area contributed by atoms with Gasteiger partial charge in [0.05, 0.1) is 18.2 Å². The quantitative estimate of drug-likeness (QED) is 0.500. The molecule has 118 valence electrons. The van der Waals surface area contributed by atoms with Crippen LogP contribution in [0.5, 0.6) is 5.75 Å². The van der Waals surface area contributed by atoms with Gasteiger partial charge in [-0.15, -0.1) is 0 Å². The van der Waals surface area contributed by atoms with Crippen LogP contribution in [0.1, 0.15) is 43.4 Å². The van der Waals surface area contributed by atoms with E-state index >= 15 is 0 Å². The van der Waals surface area contributed by atoms with Gasteiger partial charge in [-0.3, -0.25) is 0 Å². The van der Waals surface area contributed by atoms with Gasteiger partial charge in [0, 0.05) is 0 Å². The van der Waals surface area contributed by atoms with E-state index in [2.05, 4.69) is 37.3 Å². The van der Waals surface area contributed by atoms with Gasteiger partial charge in [0.2, 0.25) is 0 Å². The predicted octanol–water partition coefficient (Wildman–Crippen LogP) is 5.49. The molecule has 0 spiro atoms. The Bertz CT molecular complexity index is 675. The van der Waals surface area contributed by atoms with Crippen molar-refractivity contribution in [1.29, 1.82) is 5.26 Å². The van der Waals surface area contributed by atoms with Crippen LogP contribution in [0.3, 0.4) is 0 Å². The molecule has 2 rings (SSSR count). The monoisotopic (exact) mass is 305 g/mol. The van der Waals surface area contributed by atoms with Gasteiger partial charge >= 0.3 is 0 Å². The van der Waals surface area contributed by atoms with E-state index in [9.17, 15) is 5.26 Å². The van der Waals surface area contributed by atoms with Crippen LogP contribution < -0.4 is 4.74 Å². The van der Waals surface area contributed by atoms with Gasteiger partial charge in [-0.2, -0.15) is 5.26 Å². The maximum atomic E-state index is 9.43. The Morgan fingerprint density at radius 2 is 1.74 bits per heavy atom. The van der Waals surface area contributed by atoms with E-state index in [1.54, 1.807) is 0 Å². The summed E-state index contributed by atoms with van der Waals surface area (Å²) in [4.78, 5) is 0. The van der Waals surface area contributed by atoms with Gasteiger partial charge in [-0.25, -0.2) is 0 Å². The third-order valence-corrected chi connectivity index (χ3v) is 3.71. The molecule has 0 radical (unpaired) electrons. The molecule has 0 aliphatic heterocycles. The zero-order chi connectivity index (χ0) is 16.5. The zero-order valence-corrected chi connectivity index (χ0v) is 13.9. The predicted molar refractivity (Wildman–Crippen MR) is 96.1 cm³/mol. The van der Waals surface area contributed by atoms with Gasteiger partial charge in [0.1, 0.15) is 5.75 Å². The Balaban J connectivity index is 2.16. The summed E-state index contributed by atoms with van der Waals surface area (Å²) in [5, 5.41) is 9.43. The lowest BCUT2D eigenvalue weighted by molar-refractivity contribution is 0.340. The van der Waals surface area contributed by atoms with Crippen molar-refractivity contribution in [3.63, 3.8) is 0 Å². The molecule has 2 aromatic rings. The zero-order valence-electron chi connectivity index (χ0n) is 13.9. The molecule has 0 saturated carbocycles. The first kappa shape index (κ1) is 16.8. The Labute approximate surface area is 139 Å². The van der Waals surface area contributed by atoms with E-state index in [-0.39, 0.29) is 0 Å². The summed E-state index contributed by atoms with van der Waals surface area (Å²) in [5.74, 6) is 0.828. The first-order valence-corrected chi connectivity index (χ1v) is 8.20. The highest BCUT2D eigenvalue weighted by Gasteiger charge is 2.02. The number of ether oxygens (including phenoxy) is 1. The molecule has 2 nitrogen and oxygen atoms in total. The summed E-state index contributed by atoms with van der Waals surface area (Å²) in [6.45, 7) is 4.80. The van der Waals surface area contributed by atoms with E-state index in [1.165, 1.54) is 18.4 Å². The molecule has 2 aromatic carbocycles. The highest BCUT2D eigenvalue weighted by molar-refractivity contribution is 5.89. The number of allylic oxidation sites excluding steroid dienone is 1. The van der Waals surface area contributed by atoms with Crippen LogP contribution in [0, 0.1) is 11.3 Å². The fourth-order valence-corrected chi connectivity index (χ4v) is 2.41. The Hall–Kier alpha value is -2.53. The van der Waals surface area contributed by atoms with Crippen LogP contribution in [0.15, 0.2) is 48.5 Å². The van der Waals surface area contributed by atoms with Crippen LogP contribution in [0.4, 0.5) is 0 Å². The maximum absolute atomic E-state index is 9.43. The van der Waals surface area contributed by atoms with Crippen molar-refractivity contribution in [2.75, 3.05) is 6.61 Å². The minimum atomic E-state index is 0.644. The Kier molecular flexibility index (Phi) is 6.44. The van der Waals surface area contributed by atoms with Crippen LogP contribution in [-0.2, 0) is 6.42 Å². The first-order valence-electron chi connectivity index (χ1n) is 8.20. The topological polar surface area (TPSA) is 33.0 Å². The molecule has 0 amide bonds. The molecular weight excluding hydrogens is 282 g/mol. The second-order valence-corrected chi connectivity index (χ2v) is 5.47. The minimum Gasteiger partial charge on any atom is -0.494 e. The molecule has 0 atom stereocenters. The lowest BCUT2D eigenvalue weighted by Gasteiger charge is -2.05. The Morgan fingerprint density at radius 1 is 1.04 bits per heavy atom. The highest BCUT2D eigenvalue weighted by atomic mass is 16.5. The lowest BCUT2D eigenvalue weighted by atomic mass is 10.0. The number of hydrogen-bond donors (Lipinski definition) is 0. The highest BCUT2D eigenvalue weighted by Crippen LogP contribution is 2.21. The van der Waals surface area contributed by atoms with Crippen LogP contribution in [-0.4, -0.2) is 6.61 Å². The molecule has 0 bridgehead atoms. The van der Waals surface area contributed by atoms with Gasteiger partial charge in [-0.1, -0.05) is 37.6 Å². The second kappa shape index (κ2) is 8.80. The van der Waals surface area contributed by atoms with Gasteiger partial charge in [0.25, 0.3) is 0 Å². The third-order valence-electron chi connectivity index (χ3n) is 3.71. The molecule has 0 N–H and O–H groups in total. The molecular formula is C21H23NO. The molecule has 0 aliphatic carbocycles. The number of unbranched alkanes of at least 4 members (excludes halogenated alkanes) is 1. The van der Waals surface area contributed by atoms with Crippen LogP contribution in [0.2, 0.25) is 0 Å². The van der Waals surface area contributed by atoms with Gasteiger partial charge < -0.3 is 4.74 Å². The average Bonchev–Trinajstić information content (AvgIpc) is 2.60. The normalized spacial score (nSPS) is 11.1. The third kappa shape index (κ3) is 5.00. The van der Waals surface area contributed by atoms with E-state index in [4.69, 9.17) is 4.74 Å². The number of nitrogens with zero attached hydrogens (tertiary/aromatic N) is 1. The SMILES string of the molecule is CCCCc1ccc(/C=C(\C#N)c2ccc(OCC)cc2)cc1. The molecule has 0 heterocycles. The minimum absolute atomic E-state index is 0.644. The number of aryl methyl sites for hydroxylation is 1. The van der Waals surface area contributed by atoms with Crippen molar-refractivity contribution < 1.29 is 4.74 Å². The van der Waals surface area contributed by atoms with E-state index in [1.807, 2.05) is 37.3 Å². The van der Waals surface area contributed by atoms with Gasteiger partial charge in [-0.05, 0) is 66.8 Å². The van der Waals surface area contributed by atoms with Gasteiger partial charge in [0.15, 0.2) is 0 Å². The summed E-state index contributed by atoms with van der Waals surface area (Å²) in [6, 6.07) is 18.4. The van der Waals surface area contributed by atoms with Crippen molar-refractivity contribution in [2.24, 2.45) is 0 Å². The van der Waals surface area contributed by atoms with Crippen molar-refractivity contribution in [3.05, 3.63) is 65.2 Å². The van der Waals surface area contributed by atoms with E-state index in [0.717, 1.165) is 23.3 Å². The number of benzene rings is 2. The number of hydrogen-bond acceptors (Lipinski definition) is 2. The van der Waals surface area contributed by atoms with E-state index in [0.29, 0.717) is 12.2 Å². The summed E-state index contributed by atoms with van der Waals surface area (Å²) in [7, 11) is 0. The van der Waals surface area contributed by atoms with Crippen molar-refractivity contribution in [2.45, 2.75) is 33.1 Å². The fourth-order valence-electron chi connectivity index (χ4n) is 2.41. The molecule has 23 heavy (non-hydrogen) atoms. The smallest absolute Gasteiger partial charge is 0.119 e. The number of nitriles is 1. The maximum Gasteiger partial charge on any atom is 0.119 e. The summed E-state index contributed by atoms with van der Waals surface area (Å²) in [5.41, 5.74) is 3.97. The van der Waals surface area contributed by atoms with E-state index < -0.39 is 0 Å². The Morgan fingerprint density at radius 3 is 2.30 bits per heavy atom. The molecule has 0 unspecified atom stereocenters. The average molecular weight is 305 g/mol.